The molecule has 3 heteroatoms. The van der Waals surface area contributed by atoms with Crippen LogP contribution in [0.2, 0.25) is 0 Å². The van der Waals surface area contributed by atoms with Gasteiger partial charge in [-0.05, 0) is 43.2 Å². The SMILES string of the molecule is CC1CC(C)CC(N=C(N)Nc2ccccc2)C1. The summed E-state index contributed by atoms with van der Waals surface area (Å²) < 4.78 is 0. The highest BCUT2D eigenvalue weighted by atomic mass is 15.1. The highest BCUT2D eigenvalue weighted by Gasteiger charge is 2.23. The number of nitrogens with two attached hydrogens (primary N) is 1. The fraction of sp³-hybridized carbons (Fsp3) is 0.533. The Bertz CT molecular complexity index is 389. The van der Waals surface area contributed by atoms with Crippen molar-refractivity contribution in [3.8, 4) is 0 Å². The average Bonchev–Trinajstić information content (AvgIpc) is 2.28. The number of anilines is 1. The number of aliphatic imine (C=N–C) groups is 1. The molecular weight excluding hydrogens is 222 g/mol. The molecule has 98 valence electrons. The number of nitrogens with zero attached hydrogens (tertiary/aromatic N) is 1. The zero-order valence-corrected chi connectivity index (χ0v) is 11.3. The molecule has 0 bridgehead atoms. The first-order chi connectivity index (χ1) is 8.63. The molecule has 0 aromatic heterocycles. The Morgan fingerprint density at radius 1 is 1.11 bits per heavy atom. The van der Waals surface area contributed by atoms with Gasteiger partial charge in [-0.3, -0.25) is 0 Å². The lowest BCUT2D eigenvalue weighted by Gasteiger charge is -2.29. The van der Waals surface area contributed by atoms with Crippen molar-refractivity contribution >= 4 is 11.6 Å². The molecule has 1 aliphatic carbocycles. The minimum absolute atomic E-state index is 0.375. The molecule has 1 fully saturated rings. The predicted octanol–water partition coefficient (Wildman–Crippen LogP) is 3.24. The van der Waals surface area contributed by atoms with Crippen LogP contribution in [0, 0.1) is 11.8 Å². The van der Waals surface area contributed by atoms with E-state index in [1.165, 1.54) is 6.42 Å². The van der Waals surface area contributed by atoms with Crippen LogP contribution in [-0.4, -0.2) is 12.0 Å². The molecule has 1 saturated carbocycles. The van der Waals surface area contributed by atoms with E-state index in [0.29, 0.717) is 12.0 Å². The summed E-state index contributed by atoms with van der Waals surface area (Å²) in [7, 11) is 0. The minimum atomic E-state index is 0.375. The molecule has 0 aliphatic heterocycles. The van der Waals surface area contributed by atoms with Crippen LogP contribution in [0.1, 0.15) is 33.1 Å². The lowest BCUT2D eigenvalue weighted by atomic mass is 9.81. The van der Waals surface area contributed by atoms with Gasteiger partial charge in [0.2, 0.25) is 0 Å². The molecule has 0 radical (unpaired) electrons. The van der Waals surface area contributed by atoms with Crippen molar-refractivity contribution < 1.29 is 0 Å². The van der Waals surface area contributed by atoms with E-state index >= 15 is 0 Å². The first-order valence-corrected chi connectivity index (χ1v) is 6.79. The third-order valence-corrected chi connectivity index (χ3v) is 3.52. The monoisotopic (exact) mass is 245 g/mol. The van der Waals surface area contributed by atoms with Crippen LogP contribution in [0.15, 0.2) is 35.3 Å². The number of para-hydroxylation sites is 1. The Hall–Kier alpha value is -1.51. The maximum Gasteiger partial charge on any atom is 0.193 e. The molecule has 3 N–H and O–H groups in total. The first-order valence-electron chi connectivity index (χ1n) is 6.79. The fourth-order valence-corrected chi connectivity index (χ4v) is 2.91. The van der Waals surface area contributed by atoms with Gasteiger partial charge in [0.05, 0.1) is 6.04 Å². The molecular formula is C15H23N3. The van der Waals surface area contributed by atoms with Crippen LogP contribution in [0.25, 0.3) is 0 Å². The van der Waals surface area contributed by atoms with Crippen LogP contribution in [0.5, 0.6) is 0 Å². The van der Waals surface area contributed by atoms with Crippen molar-refractivity contribution in [2.45, 2.75) is 39.2 Å². The lowest BCUT2D eigenvalue weighted by Crippen LogP contribution is -2.29. The summed E-state index contributed by atoms with van der Waals surface area (Å²) in [6.45, 7) is 4.61. The summed E-state index contributed by atoms with van der Waals surface area (Å²) in [5, 5.41) is 3.15. The molecule has 2 rings (SSSR count). The van der Waals surface area contributed by atoms with Gasteiger partial charge in [-0.1, -0.05) is 32.0 Å². The number of hydrogen-bond acceptors (Lipinski definition) is 1. The van der Waals surface area contributed by atoms with E-state index < -0.39 is 0 Å². The maximum atomic E-state index is 5.97. The minimum Gasteiger partial charge on any atom is -0.370 e. The smallest absolute Gasteiger partial charge is 0.193 e. The van der Waals surface area contributed by atoms with Gasteiger partial charge in [-0.25, -0.2) is 4.99 Å². The highest BCUT2D eigenvalue weighted by Crippen LogP contribution is 2.30. The van der Waals surface area contributed by atoms with Gasteiger partial charge < -0.3 is 11.1 Å². The Labute approximate surface area is 109 Å². The molecule has 0 amide bonds. The molecule has 1 aromatic carbocycles. The fourth-order valence-electron chi connectivity index (χ4n) is 2.91. The van der Waals surface area contributed by atoms with Crippen molar-refractivity contribution in [1.82, 2.24) is 0 Å². The Morgan fingerprint density at radius 2 is 1.72 bits per heavy atom. The van der Waals surface area contributed by atoms with E-state index in [4.69, 9.17) is 5.73 Å². The number of benzene rings is 1. The van der Waals surface area contributed by atoms with Crippen molar-refractivity contribution in [2.75, 3.05) is 5.32 Å². The molecule has 2 unspecified atom stereocenters. The third kappa shape index (κ3) is 3.76. The van der Waals surface area contributed by atoms with Gasteiger partial charge in [-0.15, -0.1) is 0 Å². The van der Waals surface area contributed by atoms with Crippen LogP contribution >= 0.6 is 0 Å². The summed E-state index contributed by atoms with van der Waals surface area (Å²) >= 11 is 0. The van der Waals surface area contributed by atoms with E-state index in [1.54, 1.807) is 0 Å². The summed E-state index contributed by atoms with van der Waals surface area (Å²) in [5.74, 6) is 2.05. The molecule has 1 aliphatic rings. The summed E-state index contributed by atoms with van der Waals surface area (Å²) in [4.78, 5) is 4.62. The van der Waals surface area contributed by atoms with Crippen molar-refractivity contribution in [3.05, 3.63) is 30.3 Å². The van der Waals surface area contributed by atoms with Crippen LogP contribution in [0.3, 0.4) is 0 Å². The van der Waals surface area contributed by atoms with Gasteiger partial charge in [0.25, 0.3) is 0 Å². The quantitative estimate of drug-likeness (QED) is 0.621. The van der Waals surface area contributed by atoms with E-state index in [-0.39, 0.29) is 0 Å². The molecule has 18 heavy (non-hydrogen) atoms. The van der Waals surface area contributed by atoms with Gasteiger partial charge in [0, 0.05) is 5.69 Å². The number of nitrogens with one attached hydrogen (secondary N) is 1. The largest absolute Gasteiger partial charge is 0.370 e. The molecule has 0 saturated heterocycles. The van der Waals surface area contributed by atoms with E-state index in [2.05, 4.69) is 24.2 Å². The standard InChI is InChI=1S/C15H23N3/c1-11-8-12(2)10-14(9-11)18-15(16)17-13-6-4-3-5-7-13/h3-7,11-12,14H,8-10H2,1-2H3,(H3,16,17,18). The third-order valence-electron chi connectivity index (χ3n) is 3.52. The topological polar surface area (TPSA) is 50.4 Å². The summed E-state index contributed by atoms with van der Waals surface area (Å²) in [5.41, 5.74) is 6.96. The van der Waals surface area contributed by atoms with Crippen molar-refractivity contribution in [3.63, 3.8) is 0 Å². The van der Waals surface area contributed by atoms with Gasteiger partial charge in [0.1, 0.15) is 0 Å². The van der Waals surface area contributed by atoms with Gasteiger partial charge in [-0.2, -0.15) is 0 Å². The molecule has 2 atom stereocenters. The first kappa shape index (κ1) is 12.9. The van der Waals surface area contributed by atoms with Crippen LogP contribution in [0.4, 0.5) is 5.69 Å². The predicted molar refractivity (Wildman–Crippen MR) is 77.7 cm³/mol. The van der Waals surface area contributed by atoms with Crippen LogP contribution < -0.4 is 11.1 Å². The van der Waals surface area contributed by atoms with Crippen molar-refractivity contribution in [2.24, 2.45) is 22.6 Å². The maximum absolute atomic E-state index is 5.97. The molecule has 0 spiro atoms. The number of guanidine groups is 1. The van der Waals surface area contributed by atoms with Crippen molar-refractivity contribution in [1.29, 1.82) is 0 Å². The number of hydrogen-bond donors (Lipinski definition) is 2. The number of rotatable bonds is 2. The van der Waals surface area contributed by atoms with E-state index in [1.807, 2.05) is 30.3 Å². The molecule has 3 nitrogen and oxygen atoms in total. The highest BCUT2D eigenvalue weighted by molar-refractivity contribution is 5.92. The summed E-state index contributed by atoms with van der Waals surface area (Å²) in [6, 6.07) is 10.3. The van der Waals surface area contributed by atoms with E-state index in [0.717, 1.165) is 30.4 Å². The van der Waals surface area contributed by atoms with Gasteiger partial charge in [0.15, 0.2) is 5.96 Å². The normalized spacial score (nSPS) is 29.0. The lowest BCUT2D eigenvalue weighted by molar-refractivity contribution is 0.271. The molecule has 1 aromatic rings. The second-order valence-electron chi connectivity index (χ2n) is 5.58. The Balaban J connectivity index is 1.95. The van der Waals surface area contributed by atoms with E-state index in [9.17, 15) is 0 Å². The zero-order chi connectivity index (χ0) is 13.0. The Morgan fingerprint density at radius 3 is 2.33 bits per heavy atom. The van der Waals surface area contributed by atoms with Crippen LogP contribution in [-0.2, 0) is 0 Å². The Kier molecular flexibility index (Phi) is 4.24. The zero-order valence-electron chi connectivity index (χ0n) is 11.3. The second kappa shape index (κ2) is 5.89. The summed E-state index contributed by atoms with van der Waals surface area (Å²) in [6.07, 6.45) is 3.63. The van der Waals surface area contributed by atoms with Gasteiger partial charge >= 0.3 is 0 Å². The molecule has 0 heterocycles. The second-order valence-corrected chi connectivity index (χ2v) is 5.58. The average molecular weight is 245 g/mol.